The van der Waals surface area contributed by atoms with Crippen molar-refractivity contribution in [3.63, 3.8) is 0 Å². The van der Waals surface area contributed by atoms with Crippen LogP contribution in [0, 0.1) is 13.8 Å². The maximum atomic E-state index is 6.67. The molecule has 0 aromatic heterocycles. The third-order valence-electron chi connectivity index (χ3n) is 3.76. The molecule has 0 aliphatic heterocycles. The number of aryl methyl sites for hydroxylation is 2. The van der Waals surface area contributed by atoms with E-state index >= 15 is 0 Å². The Labute approximate surface area is 127 Å². The van der Waals surface area contributed by atoms with Crippen LogP contribution >= 0.6 is 0 Å². The number of nitrogens with two attached hydrogens (primary N) is 1. The molecule has 1 unspecified atom stereocenters. The van der Waals surface area contributed by atoms with E-state index in [-0.39, 0.29) is 6.10 Å². The highest BCUT2D eigenvalue weighted by atomic mass is 16.5. The van der Waals surface area contributed by atoms with Crippen LogP contribution in [0.15, 0.2) is 42.5 Å². The van der Waals surface area contributed by atoms with Crippen LogP contribution in [-0.4, -0.2) is 6.10 Å². The largest absolute Gasteiger partial charge is 0.491 e. The first kappa shape index (κ1) is 15.6. The number of hydrogen-bond donors (Lipinski definition) is 1. The summed E-state index contributed by atoms with van der Waals surface area (Å²) in [7, 11) is 0. The van der Waals surface area contributed by atoms with Gasteiger partial charge in [-0.15, -0.1) is 0 Å². The standard InChI is InChI=1S/C19H25NO/c1-13(2)21-17-8-6-7-16(12-17)19(5,20)18-11-14(3)9-10-15(18)4/h6-13H,20H2,1-5H3. The lowest BCUT2D eigenvalue weighted by atomic mass is 9.82. The van der Waals surface area contributed by atoms with Crippen molar-refractivity contribution in [1.29, 1.82) is 0 Å². The molecule has 21 heavy (non-hydrogen) atoms. The van der Waals surface area contributed by atoms with E-state index in [1.54, 1.807) is 0 Å². The first-order valence-electron chi connectivity index (χ1n) is 7.44. The van der Waals surface area contributed by atoms with Gasteiger partial charge < -0.3 is 10.5 Å². The molecule has 0 saturated carbocycles. The molecule has 0 aliphatic carbocycles. The Morgan fingerprint density at radius 1 is 1.05 bits per heavy atom. The minimum atomic E-state index is -0.535. The van der Waals surface area contributed by atoms with Crippen LogP contribution in [0.5, 0.6) is 5.75 Å². The van der Waals surface area contributed by atoms with Crippen molar-refractivity contribution in [3.8, 4) is 5.75 Å². The molecule has 0 radical (unpaired) electrons. The van der Waals surface area contributed by atoms with E-state index in [9.17, 15) is 0 Å². The maximum Gasteiger partial charge on any atom is 0.120 e. The van der Waals surface area contributed by atoms with Crippen molar-refractivity contribution in [2.75, 3.05) is 0 Å². The Morgan fingerprint density at radius 3 is 2.43 bits per heavy atom. The molecule has 0 bridgehead atoms. The topological polar surface area (TPSA) is 35.2 Å². The minimum absolute atomic E-state index is 0.157. The molecule has 0 saturated heterocycles. The summed E-state index contributed by atoms with van der Waals surface area (Å²) < 4.78 is 5.78. The van der Waals surface area contributed by atoms with Crippen molar-refractivity contribution in [2.24, 2.45) is 5.73 Å². The molecule has 2 aromatic carbocycles. The average molecular weight is 283 g/mol. The van der Waals surface area contributed by atoms with Crippen LogP contribution in [0.25, 0.3) is 0 Å². The van der Waals surface area contributed by atoms with Gasteiger partial charge >= 0.3 is 0 Å². The summed E-state index contributed by atoms with van der Waals surface area (Å²) in [5.41, 5.74) is 10.8. The molecule has 1 atom stereocenters. The molecule has 0 fully saturated rings. The number of rotatable bonds is 4. The number of benzene rings is 2. The van der Waals surface area contributed by atoms with Crippen LogP contribution < -0.4 is 10.5 Å². The van der Waals surface area contributed by atoms with Crippen molar-refractivity contribution < 1.29 is 4.74 Å². The zero-order valence-electron chi connectivity index (χ0n) is 13.6. The predicted octanol–water partition coefficient (Wildman–Crippen LogP) is 4.31. The molecule has 0 amide bonds. The first-order chi connectivity index (χ1) is 9.80. The predicted molar refractivity (Wildman–Crippen MR) is 88.8 cm³/mol. The van der Waals surface area contributed by atoms with Gasteiger partial charge in [-0.1, -0.05) is 35.9 Å². The molecule has 0 spiro atoms. The lowest BCUT2D eigenvalue weighted by Gasteiger charge is -2.28. The molecule has 0 heterocycles. The van der Waals surface area contributed by atoms with Gasteiger partial charge in [-0.2, -0.15) is 0 Å². The van der Waals surface area contributed by atoms with E-state index in [0.29, 0.717) is 0 Å². The first-order valence-corrected chi connectivity index (χ1v) is 7.44. The fourth-order valence-corrected chi connectivity index (χ4v) is 2.62. The zero-order valence-corrected chi connectivity index (χ0v) is 13.6. The summed E-state index contributed by atoms with van der Waals surface area (Å²) in [6.45, 7) is 10.3. The van der Waals surface area contributed by atoms with Gasteiger partial charge in [0.2, 0.25) is 0 Å². The SMILES string of the molecule is Cc1ccc(C)c(C(C)(N)c2cccc(OC(C)C)c2)c1. The highest BCUT2D eigenvalue weighted by molar-refractivity contribution is 5.45. The highest BCUT2D eigenvalue weighted by Gasteiger charge is 2.26. The van der Waals surface area contributed by atoms with Crippen molar-refractivity contribution in [2.45, 2.75) is 46.3 Å². The molecular weight excluding hydrogens is 258 g/mol. The summed E-state index contributed by atoms with van der Waals surface area (Å²) in [6.07, 6.45) is 0.157. The van der Waals surface area contributed by atoms with Gasteiger partial charge in [-0.3, -0.25) is 0 Å². The third-order valence-corrected chi connectivity index (χ3v) is 3.76. The fourth-order valence-electron chi connectivity index (χ4n) is 2.62. The van der Waals surface area contributed by atoms with E-state index < -0.39 is 5.54 Å². The molecule has 2 heteroatoms. The smallest absolute Gasteiger partial charge is 0.120 e. The lowest BCUT2D eigenvalue weighted by Crippen LogP contribution is -2.35. The quantitative estimate of drug-likeness (QED) is 0.907. The number of ether oxygens (including phenoxy) is 1. The monoisotopic (exact) mass is 283 g/mol. The van der Waals surface area contributed by atoms with Gasteiger partial charge in [0.15, 0.2) is 0 Å². The Morgan fingerprint density at radius 2 is 1.76 bits per heavy atom. The van der Waals surface area contributed by atoms with Crippen molar-refractivity contribution in [1.82, 2.24) is 0 Å². The summed E-state index contributed by atoms with van der Waals surface area (Å²) in [6, 6.07) is 14.5. The average Bonchev–Trinajstić information content (AvgIpc) is 2.41. The van der Waals surface area contributed by atoms with Crippen LogP contribution in [0.3, 0.4) is 0 Å². The van der Waals surface area contributed by atoms with Crippen molar-refractivity contribution >= 4 is 0 Å². The second-order valence-corrected chi connectivity index (χ2v) is 6.22. The van der Waals surface area contributed by atoms with Crippen LogP contribution in [0.4, 0.5) is 0 Å². The van der Waals surface area contributed by atoms with E-state index in [1.807, 2.05) is 32.0 Å². The van der Waals surface area contributed by atoms with Crippen LogP contribution in [0.1, 0.15) is 43.0 Å². The minimum Gasteiger partial charge on any atom is -0.491 e. The summed E-state index contributed by atoms with van der Waals surface area (Å²) >= 11 is 0. The molecule has 2 N–H and O–H groups in total. The van der Waals surface area contributed by atoms with E-state index in [1.165, 1.54) is 11.1 Å². The van der Waals surface area contributed by atoms with Gasteiger partial charge in [-0.25, -0.2) is 0 Å². The van der Waals surface area contributed by atoms with Crippen LogP contribution in [0.2, 0.25) is 0 Å². The number of hydrogen-bond acceptors (Lipinski definition) is 2. The molecule has 2 rings (SSSR count). The molecular formula is C19H25NO. The second-order valence-electron chi connectivity index (χ2n) is 6.22. The summed E-state index contributed by atoms with van der Waals surface area (Å²) in [5, 5.41) is 0. The van der Waals surface area contributed by atoms with Gasteiger partial charge in [0.1, 0.15) is 5.75 Å². The Bertz CT molecular complexity index is 629. The Balaban J connectivity index is 2.45. The van der Waals surface area contributed by atoms with E-state index in [2.05, 4.69) is 45.0 Å². The maximum absolute atomic E-state index is 6.67. The van der Waals surface area contributed by atoms with E-state index in [0.717, 1.165) is 16.9 Å². The fraction of sp³-hybridized carbons (Fsp3) is 0.368. The lowest BCUT2D eigenvalue weighted by molar-refractivity contribution is 0.242. The molecule has 0 aliphatic rings. The normalized spacial score (nSPS) is 14.0. The van der Waals surface area contributed by atoms with Crippen LogP contribution in [-0.2, 0) is 5.54 Å². The van der Waals surface area contributed by atoms with Gasteiger partial charge in [-0.05, 0) is 63.4 Å². The molecule has 2 nitrogen and oxygen atoms in total. The second kappa shape index (κ2) is 5.90. The van der Waals surface area contributed by atoms with Gasteiger partial charge in [0.25, 0.3) is 0 Å². The molecule has 112 valence electrons. The van der Waals surface area contributed by atoms with Gasteiger partial charge in [0, 0.05) is 0 Å². The van der Waals surface area contributed by atoms with Crippen molar-refractivity contribution in [3.05, 3.63) is 64.7 Å². The summed E-state index contributed by atoms with van der Waals surface area (Å²) in [5.74, 6) is 0.865. The zero-order chi connectivity index (χ0) is 15.6. The Hall–Kier alpha value is -1.80. The molecule has 2 aromatic rings. The van der Waals surface area contributed by atoms with Gasteiger partial charge in [0.05, 0.1) is 11.6 Å². The highest BCUT2D eigenvalue weighted by Crippen LogP contribution is 2.31. The van der Waals surface area contributed by atoms with E-state index in [4.69, 9.17) is 10.5 Å². The summed E-state index contributed by atoms with van der Waals surface area (Å²) in [4.78, 5) is 0. The Kier molecular flexibility index (Phi) is 4.38. The third kappa shape index (κ3) is 3.45.